The van der Waals surface area contributed by atoms with E-state index in [9.17, 15) is 0 Å². The lowest BCUT2D eigenvalue weighted by Gasteiger charge is -1.98. The highest BCUT2D eigenvalue weighted by molar-refractivity contribution is 7.98. The van der Waals surface area contributed by atoms with Gasteiger partial charge in [-0.25, -0.2) is 0 Å². The second kappa shape index (κ2) is 6.21. The van der Waals surface area contributed by atoms with Crippen molar-refractivity contribution in [1.29, 1.82) is 0 Å². The van der Waals surface area contributed by atoms with Crippen molar-refractivity contribution in [1.82, 2.24) is 10.2 Å². The van der Waals surface area contributed by atoms with Gasteiger partial charge in [-0.1, -0.05) is 18.3 Å². The van der Waals surface area contributed by atoms with Gasteiger partial charge in [-0.05, 0) is 24.9 Å². The Hall–Kier alpha value is -0.290. The number of hydrogen-bond donors (Lipinski definition) is 1. The molecule has 0 fully saturated rings. The average molecular weight is 217 g/mol. The Labute approximate surface area is 87.3 Å². The summed E-state index contributed by atoms with van der Waals surface area (Å²) in [6.07, 6.45) is 4.28. The largest absolute Gasteiger partial charge is 0.360 e. The van der Waals surface area contributed by atoms with Gasteiger partial charge in [-0.3, -0.25) is 0 Å². The topological polar surface area (TPSA) is 37.8 Å². The molecule has 0 spiro atoms. The van der Waals surface area contributed by atoms with Gasteiger partial charge in [0.1, 0.15) is 5.01 Å². The Balaban J connectivity index is 2.20. The summed E-state index contributed by atoms with van der Waals surface area (Å²) in [6, 6.07) is 0. The molecule has 5 heteroatoms. The molecule has 13 heavy (non-hydrogen) atoms. The Morgan fingerprint density at radius 2 is 2.31 bits per heavy atom. The Bertz CT molecular complexity index is 237. The first-order valence-electron chi connectivity index (χ1n) is 4.42. The smallest absolute Gasteiger partial charge is 0.205 e. The highest BCUT2D eigenvalue weighted by Crippen LogP contribution is 2.15. The molecule has 0 aliphatic rings. The molecule has 1 aromatic rings. The van der Waals surface area contributed by atoms with Crippen molar-refractivity contribution in [3.8, 4) is 0 Å². The zero-order valence-corrected chi connectivity index (χ0v) is 9.67. The van der Waals surface area contributed by atoms with Crippen molar-refractivity contribution in [2.24, 2.45) is 0 Å². The van der Waals surface area contributed by atoms with Crippen LogP contribution in [0.25, 0.3) is 0 Å². The molecule has 74 valence electrons. The molecule has 0 bridgehead atoms. The number of anilines is 1. The summed E-state index contributed by atoms with van der Waals surface area (Å²) in [5.74, 6) is 1.20. The Kier molecular flexibility index (Phi) is 5.15. The highest BCUT2D eigenvalue weighted by Gasteiger charge is 1.99. The zero-order valence-electron chi connectivity index (χ0n) is 8.04. The molecule has 1 rings (SSSR count). The predicted octanol–water partition coefficient (Wildman–Crippen LogP) is 2.27. The molecule has 0 aliphatic heterocycles. The number of rotatable bonds is 6. The summed E-state index contributed by atoms with van der Waals surface area (Å²) >= 11 is 3.52. The summed E-state index contributed by atoms with van der Waals surface area (Å²) < 4.78 is 0. The van der Waals surface area contributed by atoms with E-state index in [1.165, 1.54) is 12.2 Å². The van der Waals surface area contributed by atoms with E-state index >= 15 is 0 Å². The van der Waals surface area contributed by atoms with E-state index in [0.717, 1.165) is 23.1 Å². The average Bonchev–Trinajstić information content (AvgIpc) is 2.60. The maximum absolute atomic E-state index is 4.04. The molecular weight excluding hydrogens is 202 g/mol. The molecule has 0 aliphatic carbocycles. The van der Waals surface area contributed by atoms with Crippen LogP contribution in [0, 0.1) is 0 Å². The molecule has 3 nitrogen and oxygen atoms in total. The van der Waals surface area contributed by atoms with Gasteiger partial charge < -0.3 is 5.32 Å². The maximum atomic E-state index is 4.04. The van der Waals surface area contributed by atoms with Gasteiger partial charge in [0, 0.05) is 6.54 Å². The molecule has 0 amide bonds. The number of aromatic nitrogens is 2. The number of nitrogens with one attached hydrogen (secondary N) is 1. The van der Waals surface area contributed by atoms with Crippen LogP contribution in [-0.2, 0) is 6.42 Å². The Morgan fingerprint density at radius 3 is 2.92 bits per heavy atom. The van der Waals surface area contributed by atoms with Crippen LogP contribution in [0.3, 0.4) is 0 Å². The third-order valence-corrected chi connectivity index (χ3v) is 3.29. The summed E-state index contributed by atoms with van der Waals surface area (Å²) in [4.78, 5) is 0. The summed E-state index contributed by atoms with van der Waals surface area (Å²) in [5.41, 5.74) is 0. The van der Waals surface area contributed by atoms with Gasteiger partial charge in [0.15, 0.2) is 0 Å². The second-order valence-electron chi connectivity index (χ2n) is 2.63. The Morgan fingerprint density at radius 1 is 1.46 bits per heavy atom. The highest BCUT2D eigenvalue weighted by atomic mass is 32.2. The van der Waals surface area contributed by atoms with Gasteiger partial charge >= 0.3 is 0 Å². The molecule has 0 radical (unpaired) electrons. The quantitative estimate of drug-likeness (QED) is 0.742. The van der Waals surface area contributed by atoms with E-state index in [-0.39, 0.29) is 0 Å². The van der Waals surface area contributed by atoms with Crippen molar-refractivity contribution in [3.05, 3.63) is 5.01 Å². The minimum Gasteiger partial charge on any atom is -0.360 e. The number of nitrogens with zero attached hydrogens (tertiary/aromatic N) is 2. The summed E-state index contributed by atoms with van der Waals surface area (Å²) in [5, 5.41) is 13.4. The fraction of sp³-hybridized carbons (Fsp3) is 0.750. The third kappa shape index (κ3) is 3.95. The van der Waals surface area contributed by atoms with E-state index in [0.29, 0.717) is 0 Å². The first-order chi connectivity index (χ1) is 6.36. The van der Waals surface area contributed by atoms with Gasteiger partial charge in [-0.15, -0.1) is 10.2 Å². The first-order valence-corrected chi connectivity index (χ1v) is 6.63. The molecule has 0 saturated heterocycles. The molecule has 1 aromatic heterocycles. The molecule has 0 aromatic carbocycles. The van der Waals surface area contributed by atoms with E-state index in [2.05, 4.69) is 28.7 Å². The molecule has 0 atom stereocenters. The van der Waals surface area contributed by atoms with Crippen LogP contribution in [-0.4, -0.2) is 28.8 Å². The van der Waals surface area contributed by atoms with Crippen LogP contribution >= 0.6 is 23.1 Å². The summed E-state index contributed by atoms with van der Waals surface area (Å²) in [7, 11) is 0. The minimum absolute atomic E-state index is 0.956. The van der Waals surface area contributed by atoms with Crippen molar-refractivity contribution in [3.63, 3.8) is 0 Å². The van der Waals surface area contributed by atoms with Crippen molar-refractivity contribution < 1.29 is 0 Å². The fourth-order valence-corrected chi connectivity index (χ4v) is 2.02. The minimum atomic E-state index is 0.956. The molecule has 1 heterocycles. The third-order valence-electron chi connectivity index (χ3n) is 1.57. The lowest BCUT2D eigenvalue weighted by molar-refractivity contribution is 0.953. The fourth-order valence-electron chi connectivity index (χ4n) is 0.880. The van der Waals surface area contributed by atoms with Crippen molar-refractivity contribution in [2.45, 2.75) is 19.8 Å². The van der Waals surface area contributed by atoms with Crippen LogP contribution in [0.1, 0.15) is 18.4 Å². The van der Waals surface area contributed by atoms with Crippen LogP contribution in [0.5, 0.6) is 0 Å². The van der Waals surface area contributed by atoms with E-state index in [1.54, 1.807) is 11.3 Å². The monoisotopic (exact) mass is 217 g/mol. The summed E-state index contributed by atoms with van der Waals surface area (Å²) in [6.45, 7) is 3.09. The normalized spacial score (nSPS) is 10.3. The van der Waals surface area contributed by atoms with Gasteiger partial charge in [0.05, 0.1) is 0 Å². The number of thioether (sulfide) groups is 1. The van der Waals surface area contributed by atoms with Crippen LogP contribution in [0.15, 0.2) is 0 Å². The zero-order chi connectivity index (χ0) is 9.52. The van der Waals surface area contributed by atoms with Crippen molar-refractivity contribution in [2.75, 3.05) is 23.9 Å². The van der Waals surface area contributed by atoms with Crippen LogP contribution in [0.2, 0.25) is 0 Å². The van der Waals surface area contributed by atoms with Gasteiger partial charge in [0.2, 0.25) is 5.13 Å². The van der Waals surface area contributed by atoms with E-state index in [1.807, 2.05) is 11.8 Å². The van der Waals surface area contributed by atoms with Crippen molar-refractivity contribution >= 4 is 28.2 Å². The first kappa shape index (κ1) is 10.8. The van der Waals surface area contributed by atoms with E-state index < -0.39 is 0 Å². The lowest BCUT2D eigenvalue weighted by atomic mass is 10.5. The molecule has 1 N–H and O–H groups in total. The van der Waals surface area contributed by atoms with Gasteiger partial charge in [-0.2, -0.15) is 11.8 Å². The molecule has 0 saturated carbocycles. The molecule has 0 unspecified atom stereocenters. The van der Waals surface area contributed by atoms with Gasteiger partial charge in [0.25, 0.3) is 0 Å². The van der Waals surface area contributed by atoms with Crippen LogP contribution in [0.4, 0.5) is 5.13 Å². The SMILES string of the molecule is CCc1nnc(NCCCSC)s1. The number of hydrogen-bond acceptors (Lipinski definition) is 5. The maximum Gasteiger partial charge on any atom is 0.205 e. The van der Waals surface area contributed by atoms with Crippen LogP contribution < -0.4 is 5.32 Å². The number of aryl methyl sites for hydroxylation is 1. The molecular formula is C8H15N3S2. The predicted molar refractivity (Wildman–Crippen MR) is 60.8 cm³/mol. The van der Waals surface area contributed by atoms with E-state index in [4.69, 9.17) is 0 Å². The second-order valence-corrected chi connectivity index (χ2v) is 4.68. The standard InChI is InChI=1S/C8H15N3S2/c1-3-7-10-11-8(13-7)9-5-4-6-12-2/h3-6H2,1-2H3,(H,9,11). The lowest BCUT2D eigenvalue weighted by Crippen LogP contribution is -2.01.